The summed E-state index contributed by atoms with van der Waals surface area (Å²) in [5, 5.41) is 2.38. The molecule has 4 aromatic rings. The zero-order valence-electron chi connectivity index (χ0n) is 23.6. The van der Waals surface area contributed by atoms with Gasteiger partial charge in [0.05, 0.1) is 11.0 Å². The van der Waals surface area contributed by atoms with Crippen LogP contribution < -0.4 is 0 Å². The number of ether oxygens (including phenoxy) is 1. The highest BCUT2D eigenvalue weighted by Crippen LogP contribution is 2.27. The third kappa shape index (κ3) is 6.32. The van der Waals surface area contributed by atoms with Crippen molar-refractivity contribution in [2.75, 3.05) is 6.54 Å². The molecule has 204 valence electrons. The second-order valence-corrected chi connectivity index (χ2v) is 11.8. The minimum absolute atomic E-state index is 0.0728. The number of rotatable bonds is 7. The lowest BCUT2D eigenvalue weighted by Crippen LogP contribution is -2.46. The summed E-state index contributed by atoms with van der Waals surface area (Å²) in [4.78, 5) is 31.7. The van der Waals surface area contributed by atoms with Crippen molar-refractivity contribution in [1.82, 2.24) is 14.5 Å². The standard InChI is InChI=1S/C33H39N3O3/c1-23(37)25-16-14-24(15-17-25)20-31-34-29-21-26-10-5-6-11-27(26)22-30(29)36(31)19-9-13-28-12-7-8-18-35(28)32(38)39-33(2,3)4/h5-6,10-11,14-17,21-22,28H,7-9,12-13,18-20H2,1-4H3. The van der Waals surface area contributed by atoms with Crippen molar-refractivity contribution in [3.63, 3.8) is 0 Å². The number of aromatic nitrogens is 2. The fourth-order valence-corrected chi connectivity index (χ4v) is 5.63. The van der Waals surface area contributed by atoms with E-state index in [2.05, 4.69) is 41.0 Å². The normalized spacial score (nSPS) is 16.1. The van der Waals surface area contributed by atoms with Gasteiger partial charge in [-0.15, -0.1) is 0 Å². The number of Topliss-reactive ketones (excluding diaryl/α,β-unsaturated/α-hetero) is 1. The van der Waals surface area contributed by atoms with E-state index in [9.17, 15) is 9.59 Å². The summed E-state index contributed by atoms with van der Waals surface area (Å²) in [7, 11) is 0. The molecule has 1 amide bonds. The molecule has 6 heteroatoms. The molecule has 39 heavy (non-hydrogen) atoms. The number of amides is 1. The van der Waals surface area contributed by atoms with E-state index < -0.39 is 5.60 Å². The van der Waals surface area contributed by atoms with Gasteiger partial charge in [-0.3, -0.25) is 4.79 Å². The van der Waals surface area contributed by atoms with E-state index in [4.69, 9.17) is 9.72 Å². The predicted octanol–water partition coefficient (Wildman–Crippen LogP) is 7.55. The summed E-state index contributed by atoms with van der Waals surface area (Å²) in [5.41, 5.74) is 3.49. The van der Waals surface area contributed by atoms with E-state index in [1.165, 1.54) is 10.8 Å². The van der Waals surface area contributed by atoms with Crippen LogP contribution in [0.1, 0.15) is 81.5 Å². The van der Waals surface area contributed by atoms with Crippen LogP contribution >= 0.6 is 0 Å². The summed E-state index contributed by atoms with van der Waals surface area (Å²) in [6.07, 6.45) is 5.56. The molecule has 6 nitrogen and oxygen atoms in total. The number of likely N-dealkylation sites (tertiary alicyclic amines) is 1. The maximum absolute atomic E-state index is 12.9. The second kappa shape index (κ2) is 11.2. The molecule has 0 radical (unpaired) electrons. The molecule has 2 heterocycles. The molecule has 1 atom stereocenters. The zero-order valence-corrected chi connectivity index (χ0v) is 23.6. The predicted molar refractivity (Wildman–Crippen MR) is 156 cm³/mol. The number of carbonyl (C=O) groups excluding carboxylic acids is 2. The molecule has 1 saturated heterocycles. The molecular weight excluding hydrogens is 486 g/mol. The Hall–Kier alpha value is -3.67. The van der Waals surface area contributed by atoms with Crippen LogP contribution in [0.4, 0.5) is 4.79 Å². The third-order valence-corrected chi connectivity index (χ3v) is 7.59. The minimum atomic E-state index is -0.491. The number of imidazole rings is 1. The lowest BCUT2D eigenvalue weighted by molar-refractivity contribution is 0.00852. The first-order valence-corrected chi connectivity index (χ1v) is 14.2. The largest absolute Gasteiger partial charge is 0.444 e. The molecule has 1 aromatic heterocycles. The van der Waals surface area contributed by atoms with Gasteiger partial charge in [-0.25, -0.2) is 9.78 Å². The average molecular weight is 526 g/mol. The highest BCUT2D eigenvalue weighted by Gasteiger charge is 2.30. The number of ketones is 1. The zero-order chi connectivity index (χ0) is 27.6. The first-order chi connectivity index (χ1) is 18.7. The fourth-order valence-electron chi connectivity index (χ4n) is 5.63. The van der Waals surface area contributed by atoms with Gasteiger partial charge in [0, 0.05) is 31.1 Å². The molecule has 5 rings (SSSR count). The Balaban J connectivity index is 1.39. The van der Waals surface area contributed by atoms with Crippen LogP contribution in [-0.4, -0.2) is 44.5 Å². The summed E-state index contributed by atoms with van der Waals surface area (Å²) in [6, 6.07) is 20.9. The maximum atomic E-state index is 12.9. The Morgan fingerprint density at radius 1 is 1.00 bits per heavy atom. The van der Waals surface area contributed by atoms with Gasteiger partial charge in [0.2, 0.25) is 0 Å². The van der Waals surface area contributed by atoms with E-state index in [1.54, 1.807) is 6.92 Å². The number of fused-ring (bicyclic) bond motifs is 2. The van der Waals surface area contributed by atoms with Gasteiger partial charge >= 0.3 is 6.09 Å². The fraction of sp³-hybridized carbons (Fsp3) is 0.424. The van der Waals surface area contributed by atoms with E-state index in [0.29, 0.717) is 6.42 Å². The van der Waals surface area contributed by atoms with Gasteiger partial charge in [-0.1, -0.05) is 48.5 Å². The molecule has 1 aliphatic rings. The van der Waals surface area contributed by atoms with Gasteiger partial charge in [0.1, 0.15) is 11.4 Å². The monoisotopic (exact) mass is 525 g/mol. The minimum Gasteiger partial charge on any atom is -0.444 e. The molecule has 1 aliphatic heterocycles. The Bertz CT molecular complexity index is 1480. The molecule has 0 bridgehead atoms. The number of nitrogens with zero attached hydrogens (tertiary/aromatic N) is 3. The molecule has 0 spiro atoms. The van der Waals surface area contributed by atoms with E-state index in [1.807, 2.05) is 49.9 Å². The molecular formula is C33H39N3O3. The Morgan fingerprint density at radius 2 is 1.72 bits per heavy atom. The highest BCUT2D eigenvalue weighted by molar-refractivity contribution is 5.95. The lowest BCUT2D eigenvalue weighted by atomic mass is 9.98. The summed E-state index contributed by atoms with van der Waals surface area (Å²) < 4.78 is 8.07. The third-order valence-electron chi connectivity index (χ3n) is 7.59. The molecule has 0 aliphatic carbocycles. The first kappa shape index (κ1) is 26.9. The topological polar surface area (TPSA) is 64.4 Å². The van der Waals surface area contributed by atoms with Crippen molar-refractivity contribution >= 4 is 33.7 Å². The number of aryl methyl sites for hydroxylation is 1. The van der Waals surface area contributed by atoms with E-state index in [0.717, 1.165) is 73.2 Å². The first-order valence-electron chi connectivity index (χ1n) is 14.2. The summed E-state index contributed by atoms with van der Waals surface area (Å²) in [5.74, 6) is 1.09. The van der Waals surface area contributed by atoms with Crippen molar-refractivity contribution in [2.45, 2.75) is 84.4 Å². The van der Waals surface area contributed by atoms with Crippen molar-refractivity contribution in [1.29, 1.82) is 0 Å². The van der Waals surface area contributed by atoms with Crippen LogP contribution in [-0.2, 0) is 17.7 Å². The van der Waals surface area contributed by atoms with Crippen LogP contribution in [0, 0.1) is 0 Å². The smallest absolute Gasteiger partial charge is 0.410 e. The Kier molecular flexibility index (Phi) is 7.74. The number of hydrogen-bond donors (Lipinski definition) is 0. The summed E-state index contributed by atoms with van der Waals surface area (Å²) >= 11 is 0. The van der Waals surface area contributed by atoms with Gasteiger partial charge in [0.15, 0.2) is 5.78 Å². The van der Waals surface area contributed by atoms with Gasteiger partial charge < -0.3 is 14.2 Å². The quantitative estimate of drug-likeness (QED) is 0.234. The van der Waals surface area contributed by atoms with Crippen LogP contribution in [0.3, 0.4) is 0 Å². The van der Waals surface area contributed by atoms with Crippen LogP contribution in [0.5, 0.6) is 0 Å². The van der Waals surface area contributed by atoms with Crippen LogP contribution in [0.2, 0.25) is 0 Å². The number of benzene rings is 3. The number of hydrogen-bond acceptors (Lipinski definition) is 4. The average Bonchev–Trinajstić information content (AvgIpc) is 3.22. The van der Waals surface area contributed by atoms with E-state index >= 15 is 0 Å². The summed E-state index contributed by atoms with van der Waals surface area (Å²) in [6.45, 7) is 8.96. The Morgan fingerprint density at radius 3 is 2.41 bits per heavy atom. The molecule has 3 aromatic carbocycles. The second-order valence-electron chi connectivity index (χ2n) is 11.8. The SMILES string of the molecule is CC(=O)c1ccc(Cc2nc3cc4ccccc4cc3n2CCCC2CCCCN2C(=O)OC(C)(C)C)cc1. The van der Waals surface area contributed by atoms with E-state index in [-0.39, 0.29) is 17.9 Å². The van der Waals surface area contributed by atoms with Crippen molar-refractivity contribution in [2.24, 2.45) is 0 Å². The molecule has 0 N–H and O–H groups in total. The Labute approximate surface area is 231 Å². The van der Waals surface area contributed by atoms with Crippen LogP contribution in [0.15, 0.2) is 60.7 Å². The molecule has 1 fully saturated rings. The van der Waals surface area contributed by atoms with Gasteiger partial charge in [0.25, 0.3) is 0 Å². The van der Waals surface area contributed by atoms with Crippen molar-refractivity contribution < 1.29 is 14.3 Å². The highest BCUT2D eigenvalue weighted by atomic mass is 16.6. The van der Waals surface area contributed by atoms with Gasteiger partial charge in [-0.05, 0) is 88.3 Å². The number of carbonyl (C=O) groups is 2. The molecule has 1 unspecified atom stereocenters. The van der Waals surface area contributed by atoms with Crippen molar-refractivity contribution in [3.05, 3.63) is 77.6 Å². The number of piperidine rings is 1. The lowest BCUT2D eigenvalue weighted by Gasteiger charge is -2.37. The van der Waals surface area contributed by atoms with Crippen LogP contribution in [0.25, 0.3) is 21.8 Å². The van der Waals surface area contributed by atoms with Crippen molar-refractivity contribution in [3.8, 4) is 0 Å². The maximum Gasteiger partial charge on any atom is 0.410 e. The molecule has 0 saturated carbocycles. The van der Waals surface area contributed by atoms with Gasteiger partial charge in [-0.2, -0.15) is 0 Å².